The third-order valence-electron chi connectivity index (χ3n) is 7.98. The first-order valence-corrected chi connectivity index (χ1v) is 16.7. The van der Waals surface area contributed by atoms with Gasteiger partial charge in [0.1, 0.15) is 9.77 Å². The van der Waals surface area contributed by atoms with Gasteiger partial charge < -0.3 is 14.7 Å². The van der Waals surface area contributed by atoms with Crippen LogP contribution in [-0.2, 0) is 14.8 Å². The zero-order chi connectivity index (χ0) is 31.8. The fourth-order valence-corrected chi connectivity index (χ4v) is 8.72. The van der Waals surface area contributed by atoms with Crippen molar-refractivity contribution in [3.63, 3.8) is 0 Å². The number of carbonyl (C=O) groups excluding carboxylic acids is 1. The number of carboxylic acid groups (broad SMARTS) is 1. The fraction of sp³-hybridized carbons (Fsp3) is 0.400. The molecule has 1 amide bonds. The van der Waals surface area contributed by atoms with Crippen molar-refractivity contribution in [1.82, 2.24) is 4.31 Å². The normalized spacial score (nSPS) is 19.2. The molecule has 1 aliphatic heterocycles. The molecule has 1 fully saturated rings. The molecule has 0 radical (unpaired) electrons. The number of nitrogens with zero attached hydrogens (tertiary/aromatic N) is 2. The number of para-hydroxylation sites is 1. The smallest absolute Gasteiger partial charge is 0.411 e. The van der Waals surface area contributed by atoms with Crippen molar-refractivity contribution in [2.45, 2.75) is 55.9 Å². The molecule has 0 spiro atoms. The van der Waals surface area contributed by atoms with E-state index in [0.717, 1.165) is 49.1 Å². The molecule has 1 atom stereocenters. The molecule has 3 aromatic rings. The number of hydrogen-bond acceptors (Lipinski definition) is 7. The van der Waals surface area contributed by atoms with E-state index in [-0.39, 0.29) is 42.9 Å². The van der Waals surface area contributed by atoms with Gasteiger partial charge in [0, 0.05) is 42.7 Å². The Morgan fingerprint density at radius 1 is 1.14 bits per heavy atom. The van der Waals surface area contributed by atoms with E-state index >= 15 is 0 Å². The monoisotopic (exact) mass is 667 g/mol. The van der Waals surface area contributed by atoms with Gasteiger partial charge in [-0.15, -0.1) is 11.3 Å². The van der Waals surface area contributed by atoms with E-state index in [4.69, 9.17) is 11.6 Å². The highest BCUT2D eigenvalue weighted by Gasteiger charge is 2.41. The number of rotatable bonds is 7. The topological polar surface area (TPSA) is 116 Å². The van der Waals surface area contributed by atoms with Gasteiger partial charge in [-0.1, -0.05) is 49.1 Å². The third-order valence-corrected chi connectivity index (χ3v) is 11.4. The van der Waals surface area contributed by atoms with Crippen LogP contribution in [0.4, 0.5) is 30.6 Å². The Kier molecular flexibility index (Phi) is 9.22. The molecular formula is C30H32ClF2N3O6S2. The van der Waals surface area contributed by atoms with Gasteiger partial charge in [-0.2, -0.15) is 4.31 Å². The number of thiophene rings is 1. The van der Waals surface area contributed by atoms with E-state index in [1.165, 1.54) is 16.4 Å². The summed E-state index contributed by atoms with van der Waals surface area (Å²) in [5.74, 6) is -4.48. The SMILES string of the molecule is CN1[C@H](C2CCCCC2)CN(c2ccccc2)c2cc(Cl)c(-c3cc(NC(=O)OCC(C)(F)F)c(C(=O)O)s3)cc2S1(=O)=O. The first-order chi connectivity index (χ1) is 20.8. The first-order valence-electron chi connectivity index (χ1n) is 14.1. The summed E-state index contributed by atoms with van der Waals surface area (Å²) in [5, 5.41) is 12.1. The zero-order valence-electron chi connectivity index (χ0n) is 24.1. The summed E-state index contributed by atoms with van der Waals surface area (Å²) < 4.78 is 60.8. The van der Waals surface area contributed by atoms with Crippen LogP contribution in [0.15, 0.2) is 53.4 Å². The number of hydrogen-bond donors (Lipinski definition) is 2. The molecule has 1 aromatic heterocycles. The second-order valence-corrected chi connectivity index (χ2v) is 14.6. The maximum atomic E-state index is 14.3. The Morgan fingerprint density at radius 2 is 1.82 bits per heavy atom. The van der Waals surface area contributed by atoms with Gasteiger partial charge >= 0.3 is 12.1 Å². The van der Waals surface area contributed by atoms with E-state index in [9.17, 15) is 31.9 Å². The summed E-state index contributed by atoms with van der Waals surface area (Å²) in [6.07, 6.45) is 3.80. The molecule has 2 aliphatic rings. The summed E-state index contributed by atoms with van der Waals surface area (Å²) in [5.41, 5.74) is 1.24. The maximum absolute atomic E-state index is 14.3. The Balaban J connectivity index is 1.60. The maximum Gasteiger partial charge on any atom is 0.411 e. The van der Waals surface area contributed by atoms with Crippen LogP contribution in [0.25, 0.3) is 10.4 Å². The number of fused-ring (bicyclic) bond motifs is 1. The van der Waals surface area contributed by atoms with Crippen LogP contribution >= 0.6 is 22.9 Å². The van der Waals surface area contributed by atoms with Gasteiger partial charge in [-0.25, -0.2) is 26.8 Å². The Morgan fingerprint density at radius 3 is 2.45 bits per heavy atom. The van der Waals surface area contributed by atoms with Crippen molar-refractivity contribution < 1.29 is 36.6 Å². The number of carbonyl (C=O) groups is 2. The molecule has 2 aromatic carbocycles. The molecule has 0 saturated heterocycles. The molecule has 0 bridgehead atoms. The molecular weight excluding hydrogens is 636 g/mol. The quantitative estimate of drug-likeness (QED) is 0.265. The number of nitrogens with one attached hydrogen (secondary N) is 1. The van der Waals surface area contributed by atoms with Gasteiger partial charge in [-0.05, 0) is 49.1 Å². The molecule has 44 heavy (non-hydrogen) atoms. The van der Waals surface area contributed by atoms with Crippen molar-refractivity contribution in [3.8, 4) is 10.4 Å². The lowest BCUT2D eigenvalue weighted by molar-refractivity contribution is -0.0358. The van der Waals surface area contributed by atoms with Crippen molar-refractivity contribution >= 4 is 62.1 Å². The molecule has 2 N–H and O–H groups in total. The lowest BCUT2D eigenvalue weighted by Gasteiger charge is -2.36. The van der Waals surface area contributed by atoms with Gasteiger partial charge in [0.2, 0.25) is 10.0 Å². The van der Waals surface area contributed by atoms with Gasteiger partial charge in [0.25, 0.3) is 5.92 Å². The van der Waals surface area contributed by atoms with Crippen LogP contribution in [0.2, 0.25) is 5.02 Å². The molecule has 9 nitrogen and oxygen atoms in total. The number of benzene rings is 2. The van der Waals surface area contributed by atoms with Crippen LogP contribution in [0.1, 0.15) is 48.7 Å². The van der Waals surface area contributed by atoms with E-state index in [1.54, 1.807) is 13.1 Å². The molecule has 1 aliphatic carbocycles. The minimum Gasteiger partial charge on any atom is -0.477 e. The molecule has 1 saturated carbocycles. The predicted octanol–water partition coefficient (Wildman–Crippen LogP) is 7.69. The van der Waals surface area contributed by atoms with Crippen molar-refractivity contribution in [2.24, 2.45) is 5.92 Å². The summed E-state index contributed by atoms with van der Waals surface area (Å²) in [7, 11) is -2.44. The third kappa shape index (κ3) is 6.70. The van der Waals surface area contributed by atoms with E-state index in [1.807, 2.05) is 35.2 Å². The first kappa shape index (κ1) is 32.1. The van der Waals surface area contributed by atoms with E-state index in [2.05, 4.69) is 10.1 Å². The van der Waals surface area contributed by atoms with Gasteiger partial charge in [0.15, 0.2) is 6.61 Å². The molecule has 2 heterocycles. The number of likely N-dealkylation sites (N-methyl/N-ethyl adjacent to an activating group) is 1. The van der Waals surface area contributed by atoms with Gasteiger partial charge in [-0.3, -0.25) is 5.32 Å². The molecule has 0 unspecified atom stereocenters. The average molecular weight is 668 g/mol. The number of amides is 1. The van der Waals surface area contributed by atoms with Crippen molar-refractivity contribution in [3.05, 3.63) is 58.4 Å². The molecule has 5 rings (SSSR count). The second-order valence-electron chi connectivity index (χ2n) is 11.2. The number of carboxylic acids is 1. The highest BCUT2D eigenvalue weighted by Crippen LogP contribution is 2.46. The van der Waals surface area contributed by atoms with E-state index in [0.29, 0.717) is 19.2 Å². The van der Waals surface area contributed by atoms with Crippen LogP contribution in [0.3, 0.4) is 0 Å². The lowest BCUT2D eigenvalue weighted by atomic mass is 9.83. The van der Waals surface area contributed by atoms with Gasteiger partial charge in [0.05, 0.1) is 16.4 Å². The minimum atomic E-state index is -4.04. The number of sulfonamides is 1. The highest BCUT2D eigenvalue weighted by molar-refractivity contribution is 7.89. The average Bonchev–Trinajstić information content (AvgIpc) is 3.37. The zero-order valence-corrected chi connectivity index (χ0v) is 26.4. The number of ether oxygens (including phenoxy) is 1. The lowest BCUT2D eigenvalue weighted by Crippen LogP contribution is -2.46. The Labute approximate surface area is 263 Å². The van der Waals surface area contributed by atoms with Crippen molar-refractivity contribution in [2.75, 3.05) is 30.4 Å². The summed E-state index contributed by atoms with van der Waals surface area (Å²) in [6.45, 7) is -0.198. The van der Waals surface area contributed by atoms with Crippen LogP contribution < -0.4 is 10.2 Å². The van der Waals surface area contributed by atoms with Crippen LogP contribution in [0.5, 0.6) is 0 Å². The van der Waals surface area contributed by atoms with Crippen molar-refractivity contribution in [1.29, 1.82) is 0 Å². The summed E-state index contributed by atoms with van der Waals surface area (Å²) in [6, 6.07) is 13.5. The Bertz CT molecular complexity index is 1660. The van der Waals surface area contributed by atoms with E-state index < -0.39 is 34.6 Å². The van der Waals surface area contributed by atoms with Crippen LogP contribution in [0, 0.1) is 5.92 Å². The summed E-state index contributed by atoms with van der Waals surface area (Å²) in [4.78, 5) is 26.1. The molecule has 14 heteroatoms. The predicted molar refractivity (Wildman–Crippen MR) is 166 cm³/mol. The minimum absolute atomic E-state index is 0.00549. The molecule has 236 valence electrons. The number of anilines is 3. The Hall–Kier alpha value is -3.26. The summed E-state index contributed by atoms with van der Waals surface area (Å²) >= 11 is 7.55. The number of halogens is 3. The number of alkyl halides is 2. The fourth-order valence-electron chi connectivity index (χ4n) is 5.81. The highest BCUT2D eigenvalue weighted by atomic mass is 35.5. The second kappa shape index (κ2) is 12.6. The number of aromatic carboxylic acids is 1. The van der Waals surface area contributed by atoms with Crippen LogP contribution in [-0.4, -0.2) is 62.1 Å². The largest absolute Gasteiger partial charge is 0.477 e. The standard InChI is InChI=1S/C30H32ClF2N3O6S2/c1-30(32,33)17-42-29(39)34-22-15-25(43-27(22)28(37)38)20-13-26-23(14-21(20)31)36(19-11-7-4-8-12-19)16-24(35(2)44(26,40)41)18-9-5-3-6-10-18/h4,7-8,11-15,18,24H,3,5-6,9-10,16-17H2,1-2H3,(H,34,39)(H,37,38)/t24-/m0/s1.